The van der Waals surface area contributed by atoms with Crippen LogP contribution in [0.1, 0.15) is 27.2 Å². The molecule has 0 N–H and O–H groups in total. The van der Waals surface area contributed by atoms with Crippen LogP contribution >= 0.6 is 0 Å². The number of amides is 1. The van der Waals surface area contributed by atoms with E-state index in [4.69, 9.17) is 4.74 Å². The molecular formula is C10H16F3NO3. The van der Waals surface area contributed by atoms with Crippen LogP contribution in [0.4, 0.5) is 18.0 Å². The van der Waals surface area contributed by atoms with Gasteiger partial charge in [0.05, 0.1) is 12.6 Å². The standard InChI is InChI=1S/C10H16F3NO3/c1-9(2,3)17-8(15)14-5-4-7(6-14)16-10(11,12)13/h7H,4-6H2,1-3H3/t7-/m1/s1. The highest BCUT2D eigenvalue weighted by Crippen LogP contribution is 2.24. The second-order valence-corrected chi connectivity index (χ2v) is 4.90. The molecule has 7 heteroatoms. The highest BCUT2D eigenvalue weighted by Gasteiger charge is 2.38. The van der Waals surface area contributed by atoms with E-state index in [1.165, 1.54) is 4.90 Å². The van der Waals surface area contributed by atoms with Gasteiger partial charge >= 0.3 is 12.5 Å². The fraction of sp³-hybridized carbons (Fsp3) is 0.900. The molecule has 17 heavy (non-hydrogen) atoms. The average molecular weight is 255 g/mol. The van der Waals surface area contributed by atoms with Gasteiger partial charge in [0.25, 0.3) is 0 Å². The zero-order valence-electron chi connectivity index (χ0n) is 10.0. The van der Waals surface area contributed by atoms with E-state index in [0.717, 1.165) is 0 Å². The summed E-state index contributed by atoms with van der Waals surface area (Å²) in [5.74, 6) is 0. The lowest BCUT2D eigenvalue weighted by Gasteiger charge is -2.24. The molecule has 0 bridgehead atoms. The number of ether oxygens (including phenoxy) is 2. The largest absolute Gasteiger partial charge is 0.522 e. The van der Waals surface area contributed by atoms with E-state index < -0.39 is 24.2 Å². The maximum Gasteiger partial charge on any atom is 0.522 e. The van der Waals surface area contributed by atoms with Crippen molar-refractivity contribution < 1.29 is 27.4 Å². The fourth-order valence-electron chi connectivity index (χ4n) is 1.51. The minimum Gasteiger partial charge on any atom is -0.444 e. The lowest BCUT2D eigenvalue weighted by Crippen LogP contribution is -2.36. The van der Waals surface area contributed by atoms with Crippen LogP contribution in [0.2, 0.25) is 0 Å². The van der Waals surface area contributed by atoms with E-state index in [1.54, 1.807) is 20.8 Å². The molecule has 100 valence electrons. The normalized spacial score (nSPS) is 21.8. The van der Waals surface area contributed by atoms with Crippen molar-refractivity contribution in [1.82, 2.24) is 4.90 Å². The quantitative estimate of drug-likeness (QED) is 0.722. The summed E-state index contributed by atoms with van der Waals surface area (Å²) in [6, 6.07) is 0. The Labute approximate surface area is 97.7 Å². The van der Waals surface area contributed by atoms with Gasteiger partial charge in [-0.05, 0) is 27.2 Å². The van der Waals surface area contributed by atoms with Crippen molar-refractivity contribution in [2.45, 2.75) is 45.3 Å². The Bertz CT molecular complexity index is 286. The van der Waals surface area contributed by atoms with Crippen LogP contribution in [-0.4, -0.2) is 42.2 Å². The molecule has 1 fully saturated rings. The number of nitrogens with zero attached hydrogens (tertiary/aromatic N) is 1. The molecule has 1 aliphatic rings. The second-order valence-electron chi connectivity index (χ2n) is 4.90. The second kappa shape index (κ2) is 4.72. The predicted molar refractivity (Wildman–Crippen MR) is 53.4 cm³/mol. The minimum absolute atomic E-state index is 0.0889. The maximum atomic E-state index is 11.9. The third-order valence-corrected chi connectivity index (χ3v) is 2.10. The van der Waals surface area contributed by atoms with Crippen molar-refractivity contribution in [3.05, 3.63) is 0 Å². The van der Waals surface area contributed by atoms with E-state index in [0.29, 0.717) is 0 Å². The molecule has 0 aromatic rings. The third-order valence-electron chi connectivity index (χ3n) is 2.10. The summed E-state index contributed by atoms with van der Waals surface area (Å²) in [6.07, 6.45) is -6.10. The van der Waals surface area contributed by atoms with Crippen LogP contribution in [0.15, 0.2) is 0 Å². The van der Waals surface area contributed by atoms with Crippen molar-refractivity contribution in [3.8, 4) is 0 Å². The van der Waals surface area contributed by atoms with Gasteiger partial charge in [0, 0.05) is 6.54 Å². The first-order valence-electron chi connectivity index (χ1n) is 5.29. The Balaban J connectivity index is 2.43. The maximum absolute atomic E-state index is 11.9. The van der Waals surface area contributed by atoms with Gasteiger partial charge < -0.3 is 9.64 Å². The highest BCUT2D eigenvalue weighted by atomic mass is 19.4. The summed E-state index contributed by atoms with van der Waals surface area (Å²) in [4.78, 5) is 12.8. The van der Waals surface area contributed by atoms with Crippen LogP contribution in [-0.2, 0) is 9.47 Å². The van der Waals surface area contributed by atoms with Crippen LogP contribution < -0.4 is 0 Å². The number of carbonyl (C=O) groups is 1. The van der Waals surface area contributed by atoms with Gasteiger partial charge in [0.15, 0.2) is 0 Å². The third kappa shape index (κ3) is 5.25. The first kappa shape index (κ1) is 14.1. The van der Waals surface area contributed by atoms with Gasteiger partial charge in [-0.25, -0.2) is 4.79 Å². The molecule has 1 aliphatic heterocycles. The smallest absolute Gasteiger partial charge is 0.444 e. The Kier molecular flexibility index (Phi) is 3.91. The molecule has 0 spiro atoms. The molecule has 1 saturated heterocycles. The summed E-state index contributed by atoms with van der Waals surface area (Å²) in [5.41, 5.74) is -0.653. The van der Waals surface area contributed by atoms with Gasteiger partial charge in [0.2, 0.25) is 0 Å². The molecule has 1 atom stereocenters. The van der Waals surface area contributed by atoms with E-state index in [1.807, 2.05) is 0 Å². The lowest BCUT2D eigenvalue weighted by molar-refractivity contribution is -0.340. The van der Waals surface area contributed by atoms with Gasteiger partial charge in [0.1, 0.15) is 5.60 Å². The van der Waals surface area contributed by atoms with Crippen molar-refractivity contribution >= 4 is 6.09 Å². The summed E-state index contributed by atoms with van der Waals surface area (Å²) < 4.78 is 44.8. The van der Waals surface area contributed by atoms with Gasteiger partial charge in [-0.3, -0.25) is 4.74 Å². The first-order valence-corrected chi connectivity index (χ1v) is 5.29. The predicted octanol–water partition coefficient (Wildman–Crippen LogP) is 2.53. The Morgan fingerprint density at radius 1 is 1.29 bits per heavy atom. The Morgan fingerprint density at radius 3 is 2.35 bits per heavy atom. The van der Waals surface area contributed by atoms with Gasteiger partial charge in [-0.1, -0.05) is 0 Å². The van der Waals surface area contributed by atoms with Crippen LogP contribution in [0, 0.1) is 0 Å². The number of hydrogen-bond acceptors (Lipinski definition) is 3. The molecular weight excluding hydrogens is 239 g/mol. The summed E-state index contributed by atoms with van der Waals surface area (Å²) >= 11 is 0. The zero-order valence-corrected chi connectivity index (χ0v) is 10.0. The molecule has 0 unspecified atom stereocenters. The number of halogens is 3. The topological polar surface area (TPSA) is 38.8 Å². The molecule has 1 rings (SSSR count). The molecule has 0 aromatic heterocycles. The van der Waals surface area contributed by atoms with Gasteiger partial charge in [-0.2, -0.15) is 0 Å². The zero-order chi connectivity index (χ0) is 13.3. The van der Waals surface area contributed by atoms with Crippen molar-refractivity contribution in [1.29, 1.82) is 0 Å². The summed E-state index contributed by atoms with van der Waals surface area (Å²) in [7, 11) is 0. The summed E-state index contributed by atoms with van der Waals surface area (Å²) in [5, 5.41) is 0. The van der Waals surface area contributed by atoms with Crippen molar-refractivity contribution in [2.75, 3.05) is 13.1 Å². The number of carbonyl (C=O) groups excluding carboxylic acids is 1. The van der Waals surface area contributed by atoms with Crippen LogP contribution in [0.3, 0.4) is 0 Å². The lowest BCUT2D eigenvalue weighted by atomic mass is 10.2. The number of likely N-dealkylation sites (tertiary alicyclic amines) is 1. The number of hydrogen-bond donors (Lipinski definition) is 0. The van der Waals surface area contributed by atoms with Crippen LogP contribution in [0.5, 0.6) is 0 Å². The fourth-order valence-corrected chi connectivity index (χ4v) is 1.51. The molecule has 4 nitrogen and oxygen atoms in total. The minimum atomic E-state index is -4.66. The van der Waals surface area contributed by atoms with E-state index in [-0.39, 0.29) is 19.5 Å². The van der Waals surface area contributed by atoms with Gasteiger partial charge in [-0.15, -0.1) is 13.2 Å². The van der Waals surface area contributed by atoms with E-state index >= 15 is 0 Å². The van der Waals surface area contributed by atoms with Crippen molar-refractivity contribution in [2.24, 2.45) is 0 Å². The molecule has 0 aromatic carbocycles. The molecule has 0 radical (unpaired) electrons. The first-order chi connectivity index (χ1) is 7.57. The molecule has 0 saturated carbocycles. The highest BCUT2D eigenvalue weighted by molar-refractivity contribution is 5.68. The number of rotatable bonds is 1. The van der Waals surface area contributed by atoms with E-state index in [2.05, 4.69) is 4.74 Å². The number of alkyl halides is 3. The average Bonchev–Trinajstić information content (AvgIpc) is 2.45. The Morgan fingerprint density at radius 2 is 1.88 bits per heavy atom. The Hall–Kier alpha value is -0.980. The SMILES string of the molecule is CC(C)(C)OC(=O)N1CC[C@@H](OC(F)(F)F)C1. The van der Waals surface area contributed by atoms with E-state index in [9.17, 15) is 18.0 Å². The molecule has 1 heterocycles. The molecule has 0 aliphatic carbocycles. The summed E-state index contributed by atoms with van der Waals surface area (Å²) in [6.45, 7) is 5.23. The molecule has 1 amide bonds. The van der Waals surface area contributed by atoms with Crippen molar-refractivity contribution in [3.63, 3.8) is 0 Å². The van der Waals surface area contributed by atoms with Crippen LogP contribution in [0.25, 0.3) is 0 Å². The monoisotopic (exact) mass is 255 g/mol.